The van der Waals surface area contributed by atoms with Gasteiger partial charge in [-0.15, -0.1) is 0 Å². The zero-order chi connectivity index (χ0) is 12.3. The summed E-state index contributed by atoms with van der Waals surface area (Å²) >= 11 is 0. The lowest BCUT2D eigenvalue weighted by molar-refractivity contribution is 0.238. The highest BCUT2D eigenvalue weighted by molar-refractivity contribution is 5.35. The molecule has 0 aromatic heterocycles. The minimum Gasteiger partial charge on any atom is -0.313 e. The molecule has 1 fully saturated rings. The van der Waals surface area contributed by atoms with Crippen molar-refractivity contribution in [1.82, 2.24) is 5.32 Å². The van der Waals surface area contributed by atoms with Gasteiger partial charge < -0.3 is 5.32 Å². The maximum atomic E-state index is 3.55. The maximum Gasteiger partial charge on any atom is 0.0348 e. The van der Waals surface area contributed by atoms with Crippen LogP contribution < -0.4 is 5.32 Å². The predicted molar refractivity (Wildman–Crippen MR) is 74.3 cm³/mol. The first kappa shape index (κ1) is 12.6. The molecule has 1 nitrogen and oxygen atoms in total. The SMILES string of the molecule is CCc1ccc(CC)c(C(NC)C2CCC2)c1. The van der Waals surface area contributed by atoms with Gasteiger partial charge in [-0.3, -0.25) is 0 Å². The van der Waals surface area contributed by atoms with Gasteiger partial charge in [0, 0.05) is 6.04 Å². The van der Waals surface area contributed by atoms with Crippen molar-refractivity contribution in [3.8, 4) is 0 Å². The van der Waals surface area contributed by atoms with Crippen LogP contribution in [0.3, 0.4) is 0 Å². The summed E-state index contributed by atoms with van der Waals surface area (Å²) in [4.78, 5) is 0. The molecule has 1 saturated carbocycles. The normalized spacial score (nSPS) is 17.8. The van der Waals surface area contributed by atoms with Crippen LogP contribution in [-0.4, -0.2) is 7.05 Å². The molecule has 0 radical (unpaired) electrons. The number of rotatable bonds is 5. The third-order valence-electron chi connectivity index (χ3n) is 4.27. The Kier molecular flexibility index (Phi) is 4.22. The average molecular weight is 231 g/mol. The Labute approximate surface area is 106 Å². The largest absolute Gasteiger partial charge is 0.313 e. The summed E-state index contributed by atoms with van der Waals surface area (Å²) in [6.07, 6.45) is 6.48. The standard InChI is InChI=1S/C16H25N/c1-4-12-9-10-13(5-2)15(11-12)16(17-3)14-7-6-8-14/h9-11,14,16-17H,4-8H2,1-3H3. The average Bonchev–Trinajstić information content (AvgIpc) is 2.32. The van der Waals surface area contributed by atoms with Gasteiger partial charge in [0.15, 0.2) is 0 Å². The van der Waals surface area contributed by atoms with Crippen molar-refractivity contribution in [2.45, 2.75) is 52.0 Å². The van der Waals surface area contributed by atoms with Gasteiger partial charge in [-0.2, -0.15) is 0 Å². The first-order chi connectivity index (χ1) is 8.30. The molecule has 0 spiro atoms. The summed E-state index contributed by atoms with van der Waals surface area (Å²) in [6.45, 7) is 4.50. The fraction of sp³-hybridized carbons (Fsp3) is 0.625. The smallest absolute Gasteiger partial charge is 0.0348 e. The van der Waals surface area contributed by atoms with Crippen LogP contribution >= 0.6 is 0 Å². The lowest BCUT2D eigenvalue weighted by Gasteiger charge is -2.35. The molecule has 17 heavy (non-hydrogen) atoms. The lowest BCUT2D eigenvalue weighted by Crippen LogP contribution is -2.30. The summed E-state index contributed by atoms with van der Waals surface area (Å²) in [5.74, 6) is 0.859. The van der Waals surface area contributed by atoms with Crippen molar-refractivity contribution in [2.75, 3.05) is 7.05 Å². The van der Waals surface area contributed by atoms with Crippen molar-refractivity contribution in [3.63, 3.8) is 0 Å². The van der Waals surface area contributed by atoms with E-state index in [0.717, 1.165) is 18.8 Å². The van der Waals surface area contributed by atoms with Crippen LogP contribution in [0, 0.1) is 5.92 Å². The van der Waals surface area contributed by atoms with Crippen LogP contribution in [0.25, 0.3) is 0 Å². The molecule has 1 aromatic rings. The van der Waals surface area contributed by atoms with Gasteiger partial charge in [0.1, 0.15) is 0 Å². The number of nitrogens with one attached hydrogen (secondary N) is 1. The third kappa shape index (κ3) is 2.55. The first-order valence-corrected chi connectivity index (χ1v) is 7.09. The Balaban J connectivity index is 2.31. The Morgan fingerprint density at radius 2 is 2.00 bits per heavy atom. The molecule has 1 atom stereocenters. The molecule has 0 saturated heterocycles. The van der Waals surface area contributed by atoms with E-state index in [2.05, 4.69) is 44.4 Å². The molecule has 1 aliphatic carbocycles. The molecule has 94 valence electrons. The van der Waals surface area contributed by atoms with Crippen LogP contribution in [0.4, 0.5) is 0 Å². The van der Waals surface area contributed by atoms with E-state index in [-0.39, 0.29) is 0 Å². The second-order valence-corrected chi connectivity index (χ2v) is 5.20. The fourth-order valence-corrected chi connectivity index (χ4v) is 2.89. The van der Waals surface area contributed by atoms with Crippen molar-refractivity contribution in [1.29, 1.82) is 0 Å². The zero-order valence-electron chi connectivity index (χ0n) is 11.4. The van der Waals surface area contributed by atoms with Crippen LogP contribution in [-0.2, 0) is 12.8 Å². The number of benzene rings is 1. The second kappa shape index (κ2) is 5.68. The monoisotopic (exact) mass is 231 g/mol. The Morgan fingerprint density at radius 1 is 1.24 bits per heavy atom. The Bertz CT molecular complexity index is 366. The van der Waals surface area contributed by atoms with Crippen LogP contribution in [0.2, 0.25) is 0 Å². The minimum atomic E-state index is 0.574. The molecule has 0 bridgehead atoms. The van der Waals surface area contributed by atoms with Gasteiger partial charge in [-0.1, -0.05) is 38.5 Å². The zero-order valence-corrected chi connectivity index (χ0v) is 11.4. The summed E-state index contributed by atoms with van der Waals surface area (Å²) < 4.78 is 0. The summed E-state index contributed by atoms with van der Waals surface area (Å²) in [5.41, 5.74) is 4.55. The fourth-order valence-electron chi connectivity index (χ4n) is 2.89. The molecule has 1 aromatic carbocycles. The van der Waals surface area contributed by atoms with E-state index in [9.17, 15) is 0 Å². The van der Waals surface area contributed by atoms with Crippen molar-refractivity contribution >= 4 is 0 Å². The molecule has 2 rings (SSSR count). The third-order valence-corrected chi connectivity index (χ3v) is 4.27. The van der Waals surface area contributed by atoms with E-state index in [0.29, 0.717) is 6.04 Å². The van der Waals surface area contributed by atoms with Gasteiger partial charge in [-0.25, -0.2) is 0 Å². The molecular weight excluding hydrogens is 206 g/mol. The molecule has 0 heterocycles. The van der Waals surface area contributed by atoms with E-state index in [1.165, 1.54) is 30.4 Å². The topological polar surface area (TPSA) is 12.0 Å². The number of hydrogen-bond donors (Lipinski definition) is 1. The van der Waals surface area contributed by atoms with Crippen LogP contribution in [0.1, 0.15) is 55.8 Å². The Morgan fingerprint density at radius 3 is 2.47 bits per heavy atom. The summed E-state index contributed by atoms with van der Waals surface area (Å²) in [7, 11) is 2.11. The molecule has 0 aliphatic heterocycles. The van der Waals surface area contributed by atoms with Gasteiger partial charge >= 0.3 is 0 Å². The molecule has 1 heteroatoms. The van der Waals surface area contributed by atoms with Crippen molar-refractivity contribution in [3.05, 3.63) is 34.9 Å². The van der Waals surface area contributed by atoms with Gasteiger partial charge in [0.05, 0.1) is 0 Å². The van der Waals surface area contributed by atoms with E-state index >= 15 is 0 Å². The molecule has 1 N–H and O–H groups in total. The highest BCUT2D eigenvalue weighted by atomic mass is 14.9. The molecule has 1 aliphatic rings. The van der Waals surface area contributed by atoms with Gasteiger partial charge in [0.2, 0.25) is 0 Å². The highest BCUT2D eigenvalue weighted by Crippen LogP contribution is 2.38. The quantitative estimate of drug-likeness (QED) is 0.811. The van der Waals surface area contributed by atoms with E-state index < -0.39 is 0 Å². The van der Waals surface area contributed by atoms with Gasteiger partial charge in [0.25, 0.3) is 0 Å². The predicted octanol–water partition coefficient (Wildman–Crippen LogP) is 3.87. The van der Waals surface area contributed by atoms with Crippen LogP contribution in [0.5, 0.6) is 0 Å². The first-order valence-electron chi connectivity index (χ1n) is 7.09. The molecule has 0 amide bonds. The minimum absolute atomic E-state index is 0.574. The van der Waals surface area contributed by atoms with E-state index in [1.54, 1.807) is 5.56 Å². The maximum absolute atomic E-state index is 3.55. The van der Waals surface area contributed by atoms with Crippen molar-refractivity contribution < 1.29 is 0 Å². The molecular formula is C16H25N. The second-order valence-electron chi connectivity index (χ2n) is 5.20. The Hall–Kier alpha value is -0.820. The van der Waals surface area contributed by atoms with E-state index in [4.69, 9.17) is 0 Å². The summed E-state index contributed by atoms with van der Waals surface area (Å²) in [5, 5.41) is 3.55. The highest BCUT2D eigenvalue weighted by Gasteiger charge is 2.28. The van der Waals surface area contributed by atoms with Crippen molar-refractivity contribution in [2.24, 2.45) is 5.92 Å². The summed E-state index contributed by atoms with van der Waals surface area (Å²) in [6, 6.07) is 7.62. The molecule has 1 unspecified atom stereocenters. The van der Waals surface area contributed by atoms with E-state index in [1.807, 2.05) is 0 Å². The number of aryl methyl sites for hydroxylation is 2. The lowest BCUT2D eigenvalue weighted by atomic mass is 9.76. The van der Waals surface area contributed by atoms with Gasteiger partial charge in [-0.05, 0) is 55.3 Å². The number of hydrogen-bond acceptors (Lipinski definition) is 1. The van der Waals surface area contributed by atoms with Crippen LogP contribution in [0.15, 0.2) is 18.2 Å².